The Balaban J connectivity index is 2.08. The first kappa shape index (κ1) is 16.8. The first-order chi connectivity index (χ1) is 10.3. The highest BCUT2D eigenvalue weighted by atomic mass is 35.5. The second-order valence-electron chi connectivity index (χ2n) is 6.34. The van der Waals surface area contributed by atoms with Crippen molar-refractivity contribution >= 4 is 34.8 Å². The van der Waals surface area contributed by atoms with Gasteiger partial charge in [0.05, 0.1) is 16.8 Å². The zero-order valence-electron chi connectivity index (χ0n) is 13.1. The van der Waals surface area contributed by atoms with E-state index in [0.717, 1.165) is 19.4 Å². The molecule has 1 atom stereocenters. The van der Waals surface area contributed by atoms with Gasteiger partial charge in [-0.3, -0.25) is 9.59 Å². The molecule has 6 heteroatoms. The molecule has 2 amide bonds. The number of nitrogens with one attached hydrogen (secondary N) is 3. The van der Waals surface area contributed by atoms with E-state index in [4.69, 9.17) is 11.6 Å². The van der Waals surface area contributed by atoms with Gasteiger partial charge in [-0.05, 0) is 43.0 Å². The number of hydrogen-bond donors (Lipinski definition) is 3. The maximum Gasteiger partial charge on any atom is 0.242 e. The molecule has 1 heterocycles. The van der Waals surface area contributed by atoms with Crippen LogP contribution in [0.5, 0.6) is 0 Å². The highest BCUT2D eigenvalue weighted by Crippen LogP contribution is 2.31. The van der Waals surface area contributed by atoms with Gasteiger partial charge < -0.3 is 16.0 Å². The number of rotatable bonds is 3. The lowest BCUT2D eigenvalue weighted by Crippen LogP contribution is -2.53. The largest absolute Gasteiger partial charge is 0.325 e. The molecule has 0 radical (unpaired) electrons. The van der Waals surface area contributed by atoms with Gasteiger partial charge in [0, 0.05) is 12.6 Å². The molecule has 1 unspecified atom stereocenters. The molecule has 2 rings (SSSR count). The first-order valence-corrected chi connectivity index (χ1v) is 7.79. The quantitative estimate of drug-likeness (QED) is 0.800. The van der Waals surface area contributed by atoms with Crippen LogP contribution in [0.1, 0.15) is 33.6 Å². The van der Waals surface area contributed by atoms with Gasteiger partial charge in [-0.25, -0.2) is 0 Å². The molecule has 0 bridgehead atoms. The zero-order chi connectivity index (χ0) is 16.3. The van der Waals surface area contributed by atoms with Gasteiger partial charge in [-0.1, -0.05) is 25.4 Å². The van der Waals surface area contributed by atoms with E-state index in [1.165, 1.54) is 6.92 Å². The van der Waals surface area contributed by atoms with Crippen molar-refractivity contribution in [3.05, 3.63) is 23.2 Å². The van der Waals surface area contributed by atoms with E-state index in [1.807, 2.05) is 0 Å². The Kier molecular flexibility index (Phi) is 5.08. The second-order valence-corrected chi connectivity index (χ2v) is 6.75. The summed E-state index contributed by atoms with van der Waals surface area (Å²) < 4.78 is 0. The smallest absolute Gasteiger partial charge is 0.242 e. The van der Waals surface area contributed by atoms with Crippen LogP contribution in [0.2, 0.25) is 5.02 Å². The van der Waals surface area contributed by atoms with E-state index in [0.29, 0.717) is 16.4 Å². The standard InChI is InChI=1S/C16H22ClN3O2/c1-10(21)19-13-6-5-11(9-12(13)17)20-15(22)14-16(2,3)7-4-8-18-14/h5-6,9,14,18H,4,7-8H2,1-3H3,(H,19,21)(H,20,22). The first-order valence-electron chi connectivity index (χ1n) is 7.41. The SMILES string of the molecule is CC(=O)Nc1ccc(NC(=O)C2NCCCC2(C)C)cc1Cl. The number of anilines is 2. The summed E-state index contributed by atoms with van der Waals surface area (Å²) in [5.41, 5.74) is 1.07. The maximum atomic E-state index is 12.5. The van der Waals surface area contributed by atoms with E-state index in [2.05, 4.69) is 29.8 Å². The van der Waals surface area contributed by atoms with Crippen LogP contribution in [0, 0.1) is 5.41 Å². The normalized spacial score (nSPS) is 20.3. The third kappa shape index (κ3) is 3.99. The minimum Gasteiger partial charge on any atom is -0.325 e. The molecule has 0 aliphatic carbocycles. The van der Waals surface area contributed by atoms with Crippen molar-refractivity contribution in [3.63, 3.8) is 0 Å². The van der Waals surface area contributed by atoms with E-state index >= 15 is 0 Å². The van der Waals surface area contributed by atoms with Crippen LogP contribution in [0.3, 0.4) is 0 Å². The van der Waals surface area contributed by atoms with Gasteiger partial charge in [0.1, 0.15) is 0 Å². The minimum atomic E-state index is -0.227. The number of halogens is 1. The van der Waals surface area contributed by atoms with Gasteiger partial charge in [-0.2, -0.15) is 0 Å². The third-order valence-electron chi connectivity index (χ3n) is 3.94. The lowest BCUT2D eigenvalue weighted by molar-refractivity contribution is -0.121. The molecular weight excluding hydrogens is 302 g/mol. The molecule has 1 aliphatic heterocycles. The van der Waals surface area contributed by atoms with Crippen molar-refractivity contribution in [3.8, 4) is 0 Å². The zero-order valence-corrected chi connectivity index (χ0v) is 13.9. The van der Waals surface area contributed by atoms with Crippen LogP contribution in [0.15, 0.2) is 18.2 Å². The summed E-state index contributed by atoms with van der Waals surface area (Å²) in [6.45, 7) is 6.46. The molecule has 120 valence electrons. The lowest BCUT2D eigenvalue weighted by Gasteiger charge is -2.38. The Hall–Kier alpha value is -1.59. The van der Waals surface area contributed by atoms with E-state index in [9.17, 15) is 9.59 Å². The molecule has 1 saturated heterocycles. The van der Waals surface area contributed by atoms with Crippen molar-refractivity contribution < 1.29 is 9.59 Å². The predicted octanol–water partition coefficient (Wildman–Crippen LogP) is 3.02. The summed E-state index contributed by atoms with van der Waals surface area (Å²) in [6, 6.07) is 4.82. The van der Waals surface area contributed by atoms with Gasteiger partial charge in [0.15, 0.2) is 0 Å². The molecule has 1 fully saturated rings. The number of hydrogen-bond acceptors (Lipinski definition) is 3. The number of carbonyl (C=O) groups is 2. The number of amides is 2. The van der Waals surface area contributed by atoms with Gasteiger partial charge >= 0.3 is 0 Å². The van der Waals surface area contributed by atoms with Crippen LogP contribution in [0.4, 0.5) is 11.4 Å². The highest BCUT2D eigenvalue weighted by Gasteiger charge is 2.37. The van der Waals surface area contributed by atoms with Crippen LogP contribution in [0.25, 0.3) is 0 Å². The lowest BCUT2D eigenvalue weighted by atomic mass is 9.77. The topological polar surface area (TPSA) is 70.2 Å². The fourth-order valence-electron chi connectivity index (χ4n) is 2.76. The average Bonchev–Trinajstić information content (AvgIpc) is 2.40. The van der Waals surface area contributed by atoms with Gasteiger partial charge in [-0.15, -0.1) is 0 Å². The van der Waals surface area contributed by atoms with Crippen molar-refractivity contribution in [2.75, 3.05) is 17.2 Å². The molecule has 0 saturated carbocycles. The Morgan fingerprint density at radius 2 is 2.05 bits per heavy atom. The average molecular weight is 324 g/mol. The van der Waals surface area contributed by atoms with Crippen molar-refractivity contribution in [1.29, 1.82) is 0 Å². The van der Waals surface area contributed by atoms with Crippen molar-refractivity contribution in [1.82, 2.24) is 5.32 Å². The number of carbonyl (C=O) groups excluding carboxylic acids is 2. The summed E-state index contributed by atoms with van der Waals surface area (Å²) >= 11 is 6.12. The Morgan fingerprint density at radius 3 is 2.64 bits per heavy atom. The van der Waals surface area contributed by atoms with Crippen LogP contribution in [-0.2, 0) is 9.59 Å². The van der Waals surface area contributed by atoms with Crippen molar-refractivity contribution in [2.24, 2.45) is 5.41 Å². The summed E-state index contributed by atoms with van der Waals surface area (Å²) in [4.78, 5) is 23.5. The third-order valence-corrected chi connectivity index (χ3v) is 4.25. The van der Waals surface area contributed by atoms with E-state index in [-0.39, 0.29) is 23.3 Å². The van der Waals surface area contributed by atoms with Crippen LogP contribution >= 0.6 is 11.6 Å². The van der Waals surface area contributed by atoms with E-state index < -0.39 is 0 Å². The Labute approximate surface area is 135 Å². The van der Waals surface area contributed by atoms with Crippen LogP contribution in [-0.4, -0.2) is 24.4 Å². The molecule has 1 aromatic rings. The molecule has 22 heavy (non-hydrogen) atoms. The number of piperidine rings is 1. The molecule has 1 aliphatic rings. The fraction of sp³-hybridized carbons (Fsp3) is 0.500. The Morgan fingerprint density at radius 1 is 1.32 bits per heavy atom. The van der Waals surface area contributed by atoms with Crippen molar-refractivity contribution in [2.45, 2.75) is 39.7 Å². The maximum absolute atomic E-state index is 12.5. The summed E-state index contributed by atoms with van der Waals surface area (Å²) in [5.74, 6) is -0.250. The summed E-state index contributed by atoms with van der Waals surface area (Å²) in [7, 11) is 0. The second kappa shape index (κ2) is 6.67. The number of benzene rings is 1. The monoisotopic (exact) mass is 323 g/mol. The summed E-state index contributed by atoms with van der Waals surface area (Å²) in [5, 5.41) is 9.20. The molecule has 3 N–H and O–H groups in total. The predicted molar refractivity (Wildman–Crippen MR) is 89.2 cm³/mol. The highest BCUT2D eigenvalue weighted by molar-refractivity contribution is 6.34. The molecule has 5 nitrogen and oxygen atoms in total. The fourth-order valence-corrected chi connectivity index (χ4v) is 2.98. The molecule has 0 aromatic heterocycles. The Bertz CT molecular complexity index is 587. The van der Waals surface area contributed by atoms with Crippen LogP contribution < -0.4 is 16.0 Å². The summed E-state index contributed by atoms with van der Waals surface area (Å²) in [6.07, 6.45) is 2.09. The molecule has 0 spiro atoms. The van der Waals surface area contributed by atoms with Gasteiger partial charge in [0.25, 0.3) is 0 Å². The minimum absolute atomic E-state index is 0.0620. The van der Waals surface area contributed by atoms with Gasteiger partial charge in [0.2, 0.25) is 11.8 Å². The van der Waals surface area contributed by atoms with E-state index in [1.54, 1.807) is 18.2 Å². The molecular formula is C16H22ClN3O2. The molecule has 1 aromatic carbocycles.